The van der Waals surface area contributed by atoms with Gasteiger partial charge in [0.1, 0.15) is 11.5 Å². The van der Waals surface area contributed by atoms with Gasteiger partial charge < -0.3 is 9.52 Å². The molecule has 0 amide bonds. The third-order valence-electron chi connectivity index (χ3n) is 4.59. The average Bonchev–Trinajstić information content (AvgIpc) is 2.93. The molecular weight excluding hydrogens is 242 g/mol. The highest BCUT2D eigenvalue weighted by Gasteiger charge is 2.44. The maximum atomic E-state index is 11.5. The molecule has 1 aromatic rings. The average molecular weight is 265 g/mol. The summed E-state index contributed by atoms with van der Waals surface area (Å²) >= 11 is 0. The SMILES string of the molecule is CCC1(C(=O)O)CCN(C(C)c2cc(C)oc2C)C1. The van der Waals surface area contributed by atoms with Gasteiger partial charge in [0.05, 0.1) is 5.41 Å². The molecule has 1 aliphatic rings. The molecule has 106 valence electrons. The van der Waals surface area contributed by atoms with Crippen molar-refractivity contribution in [3.05, 3.63) is 23.2 Å². The van der Waals surface area contributed by atoms with Crippen molar-refractivity contribution >= 4 is 5.97 Å². The fourth-order valence-electron chi connectivity index (χ4n) is 3.11. The summed E-state index contributed by atoms with van der Waals surface area (Å²) in [6.07, 6.45) is 1.42. The number of carboxylic acid groups (broad SMARTS) is 1. The van der Waals surface area contributed by atoms with Crippen molar-refractivity contribution in [3.63, 3.8) is 0 Å². The molecule has 1 aromatic heterocycles. The van der Waals surface area contributed by atoms with Crippen LogP contribution >= 0.6 is 0 Å². The van der Waals surface area contributed by atoms with E-state index in [2.05, 4.69) is 17.9 Å². The minimum atomic E-state index is -0.662. The molecule has 0 aliphatic carbocycles. The van der Waals surface area contributed by atoms with Crippen molar-refractivity contribution in [2.75, 3.05) is 13.1 Å². The van der Waals surface area contributed by atoms with Crippen molar-refractivity contribution in [2.24, 2.45) is 5.41 Å². The van der Waals surface area contributed by atoms with Crippen molar-refractivity contribution in [2.45, 2.75) is 46.6 Å². The minimum Gasteiger partial charge on any atom is -0.481 e. The van der Waals surface area contributed by atoms with Crippen LogP contribution in [0.2, 0.25) is 0 Å². The van der Waals surface area contributed by atoms with Crippen molar-refractivity contribution < 1.29 is 14.3 Å². The Hall–Kier alpha value is -1.29. The summed E-state index contributed by atoms with van der Waals surface area (Å²) in [5.41, 5.74) is 0.607. The number of furan rings is 1. The molecule has 0 bridgehead atoms. The van der Waals surface area contributed by atoms with Gasteiger partial charge in [-0.1, -0.05) is 6.92 Å². The van der Waals surface area contributed by atoms with Crippen LogP contribution in [0, 0.1) is 19.3 Å². The Morgan fingerprint density at radius 2 is 2.26 bits per heavy atom. The molecular formula is C15H23NO3. The van der Waals surface area contributed by atoms with E-state index in [1.54, 1.807) is 0 Å². The molecule has 1 saturated heterocycles. The van der Waals surface area contributed by atoms with Gasteiger partial charge in [-0.05, 0) is 46.2 Å². The molecule has 0 radical (unpaired) electrons. The van der Waals surface area contributed by atoms with E-state index in [4.69, 9.17) is 4.42 Å². The number of hydrogen-bond acceptors (Lipinski definition) is 3. The van der Waals surface area contributed by atoms with Crippen LogP contribution in [-0.4, -0.2) is 29.1 Å². The Labute approximate surface area is 114 Å². The first-order valence-electron chi connectivity index (χ1n) is 6.94. The predicted molar refractivity (Wildman–Crippen MR) is 73.1 cm³/mol. The lowest BCUT2D eigenvalue weighted by atomic mass is 9.84. The number of rotatable bonds is 4. The Morgan fingerprint density at radius 1 is 1.58 bits per heavy atom. The standard InChI is InChI=1S/C15H23NO3/c1-5-15(14(17)18)6-7-16(9-15)11(3)13-8-10(2)19-12(13)4/h8,11H,5-7,9H2,1-4H3,(H,17,18). The van der Waals surface area contributed by atoms with Gasteiger partial charge >= 0.3 is 5.97 Å². The second-order valence-electron chi connectivity index (χ2n) is 5.70. The largest absolute Gasteiger partial charge is 0.481 e. The topological polar surface area (TPSA) is 53.7 Å². The van der Waals surface area contributed by atoms with Gasteiger partial charge in [-0.3, -0.25) is 9.69 Å². The number of nitrogens with zero attached hydrogens (tertiary/aromatic N) is 1. The van der Waals surface area contributed by atoms with Crippen LogP contribution in [-0.2, 0) is 4.79 Å². The fourth-order valence-corrected chi connectivity index (χ4v) is 3.11. The summed E-state index contributed by atoms with van der Waals surface area (Å²) in [5, 5.41) is 9.45. The molecule has 4 nitrogen and oxygen atoms in total. The molecule has 2 atom stereocenters. The number of carboxylic acids is 1. The third-order valence-corrected chi connectivity index (χ3v) is 4.59. The number of hydrogen-bond donors (Lipinski definition) is 1. The number of aryl methyl sites for hydroxylation is 2. The van der Waals surface area contributed by atoms with E-state index in [0.717, 1.165) is 24.5 Å². The lowest BCUT2D eigenvalue weighted by molar-refractivity contribution is -0.148. The van der Waals surface area contributed by atoms with Crippen molar-refractivity contribution in [1.82, 2.24) is 4.90 Å². The second kappa shape index (κ2) is 5.00. The molecule has 0 saturated carbocycles. The molecule has 1 aliphatic heterocycles. The summed E-state index contributed by atoms with van der Waals surface area (Å²) in [4.78, 5) is 13.7. The highest BCUT2D eigenvalue weighted by Crippen LogP contribution is 2.39. The summed E-state index contributed by atoms with van der Waals surface area (Å²) in [6, 6.07) is 2.28. The van der Waals surface area contributed by atoms with Crippen LogP contribution in [0.3, 0.4) is 0 Å². The monoisotopic (exact) mass is 265 g/mol. The Morgan fingerprint density at radius 3 is 2.68 bits per heavy atom. The third kappa shape index (κ3) is 2.41. The smallest absolute Gasteiger partial charge is 0.310 e. The Bertz CT molecular complexity index is 480. The summed E-state index contributed by atoms with van der Waals surface area (Å²) in [5.74, 6) is 1.19. The van der Waals surface area contributed by atoms with Crippen molar-refractivity contribution in [3.8, 4) is 0 Å². The molecule has 2 unspecified atom stereocenters. The molecule has 1 fully saturated rings. The van der Waals surface area contributed by atoms with E-state index in [0.29, 0.717) is 13.0 Å². The number of likely N-dealkylation sites (tertiary alicyclic amines) is 1. The fraction of sp³-hybridized carbons (Fsp3) is 0.667. The zero-order valence-electron chi connectivity index (χ0n) is 12.2. The molecule has 2 rings (SSSR count). The van der Waals surface area contributed by atoms with Gasteiger partial charge in [0, 0.05) is 18.2 Å². The van der Waals surface area contributed by atoms with Crippen molar-refractivity contribution in [1.29, 1.82) is 0 Å². The van der Waals surface area contributed by atoms with Crippen LogP contribution < -0.4 is 0 Å². The lowest BCUT2D eigenvalue weighted by Crippen LogP contribution is -2.35. The number of carbonyl (C=O) groups is 1. The van der Waals surface area contributed by atoms with Gasteiger partial charge in [-0.25, -0.2) is 0 Å². The summed E-state index contributed by atoms with van der Waals surface area (Å²) in [6.45, 7) is 9.48. The second-order valence-corrected chi connectivity index (χ2v) is 5.70. The zero-order valence-corrected chi connectivity index (χ0v) is 12.2. The molecule has 19 heavy (non-hydrogen) atoms. The quantitative estimate of drug-likeness (QED) is 0.908. The van der Waals surface area contributed by atoms with E-state index >= 15 is 0 Å². The van der Waals surface area contributed by atoms with Crippen LogP contribution in [0.1, 0.15) is 49.8 Å². The minimum absolute atomic E-state index is 0.213. The van der Waals surface area contributed by atoms with Crippen LogP contribution in [0.5, 0.6) is 0 Å². The predicted octanol–water partition coefficient (Wildman–Crippen LogP) is 3.14. The first kappa shape index (κ1) is 14.1. The summed E-state index contributed by atoms with van der Waals surface area (Å²) < 4.78 is 5.58. The van der Waals surface area contributed by atoms with Crippen LogP contribution in [0.15, 0.2) is 10.5 Å². The van der Waals surface area contributed by atoms with E-state index in [1.165, 1.54) is 5.56 Å². The van der Waals surface area contributed by atoms with Gasteiger partial charge in [0.25, 0.3) is 0 Å². The van der Waals surface area contributed by atoms with E-state index < -0.39 is 11.4 Å². The van der Waals surface area contributed by atoms with Gasteiger partial charge in [0.2, 0.25) is 0 Å². The molecule has 4 heteroatoms. The van der Waals surface area contributed by atoms with E-state index in [-0.39, 0.29) is 6.04 Å². The molecule has 0 spiro atoms. The highest BCUT2D eigenvalue weighted by atomic mass is 16.4. The zero-order chi connectivity index (χ0) is 14.2. The molecule has 0 aromatic carbocycles. The van der Waals surface area contributed by atoms with Crippen LogP contribution in [0.4, 0.5) is 0 Å². The van der Waals surface area contributed by atoms with Gasteiger partial charge in [0.15, 0.2) is 0 Å². The molecule has 1 N–H and O–H groups in total. The normalized spacial score (nSPS) is 25.7. The van der Waals surface area contributed by atoms with Gasteiger partial charge in [-0.2, -0.15) is 0 Å². The Kier molecular flexibility index (Phi) is 3.72. The number of aliphatic carboxylic acids is 1. The van der Waals surface area contributed by atoms with E-state index in [1.807, 2.05) is 20.8 Å². The first-order valence-corrected chi connectivity index (χ1v) is 6.94. The summed E-state index contributed by atoms with van der Waals surface area (Å²) in [7, 11) is 0. The molecule has 2 heterocycles. The van der Waals surface area contributed by atoms with Gasteiger partial charge in [-0.15, -0.1) is 0 Å². The maximum absolute atomic E-state index is 11.5. The lowest BCUT2D eigenvalue weighted by Gasteiger charge is -2.27. The Balaban J connectivity index is 2.17. The maximum Gasteiger partial charge on any atom is 0.310 e. The van der Waals surface area contributed by atoms with Crippen LogP contribution in [0.25, 0.3) is 0 Å². The first-order chi connectivity index (χ1) is 8.89. The highest BCUT2D eigenvalue weighted by molar-refractivity contribution is 5.75. The van der Waals surface area contributed by atoms with E-state index in [9.17, 15) is 9.90 Å².